The first kappa shape index (κ1) is 14.6. The third-order valence-corrected chi connectivity index (χ3v) is 4.20. The second kappa shape index (κ2) is 7.71. The van der Waals surface area contributed by atoms with Gasteiger partial charge >= 0.3 is 0 Å². The molecular weight excluding hydrogens is 236 g/mol. The van der Waals surface area contributed by atoms with Crippen LogP contribution in [-0.4, -0.2) is 30.6 Å². The molecule has 0 bridgehead atoms. The van der Waals surface area contributed by atoms with Crippen LogP contribution in [0, 0.1) is 5.92 Å². The summed E-state index contributed by atoms with van der Waals surface area (Å²) in [4.78, 5) is 2.43. The number of hydrogen-bond donors (Lipinski definition) is 1. The third-order valence-electron chi connectivity index (χ3n) is 4.20. The summed E-state index contributed by atoms with van der Waals surface area (Å²) in [7, 11) is 0. The highest BCUT2D eigenvalue weighted by atomic mass is 16.3. The second-order valence-electron chi connectivity index (χ2n) is 5.87. The molecule has 2 rings (SSSR count). The lowest BCUT2D eigenvalue weighted by atomic mass is 9.87. The standard InChI is InChI=1S/C16H28N2O/c1-3-18(13-16-8-5-11-19-16)10-9-17-15-7-4-6-14(2)12-15/h5,8,11,14-15,17H,3-4,6-7,9-10,12-13H2,1-2H3. The van der Waals surface area contributed by atoms with Crippen molar-refractivity contribution in [3.05, 3.63) is 24.2 Å². The minimum atomic E-state index is 0.742. The molecule has 1 heterocycles. The van der Waals surface area contributed by atoms with Crippen molar-refractivity contribution in [3.63, 3.8) is 0 Å². The van der Waals surface area contributed by atoms with Gasteiger partial charge in [0.1, 0.15) is 5.76 Å². The highest BCUT2D eigenvalue weighted by Gasteiger charge is 2.18. The number of furan rings is 1. The highest BCUT2D eigenvalue weighted by Crippen LogP contribution is 2.23. The smallest absolute Gasteiger partial charge is 0.117 e. The molecule has 1 aromatic rings. The van der Waals surface area contributed by atoms with Gasteiger partial charge in [0, 0.05) is 19.1 Å². The van der Waals surface area contributed by atoms with E-state index in [9.17, 15) is 0 Å². The first-order valence-electron chi connectivity index (χ1n) is 7.76. The lowest BCUT2D eigenvalue weighted by Gasteiger charge is -2.28. The Morgan fingerprint density at radius 1 is 1.42 bits per heavy atom. The number of hydrogen-bond acceptors (Lipinski definition) is 3. The molecule has 19 heavy (non-hydrogen) atoms. The summed E-state index contributed by atoms with van der Waals surface area (Å²) in [6.45, 7) is 8.78. The molecule has 2 unspecified atom stereocenters. The van der Waals surface area contributed by atoms with Gasteiger partial charge in [0.15, 0.2) is 0 Å². The van der Waals surface area contributed by atoms with Gasteiger partial charge in [-0.05, 0) is 37.4 Å². The number of rotatable bonds is 7. The van der Waals surface area contributed by atoms with Crippen LogP contribution in [0.25, 0.3) is 0 Å². The Bertz CT molecular complexity index is 337. The zero-order chi connectivity index (χ0) is 13.5. The van der Waals surface area contributed by atoms with Crippen molar-refractivity contribution in [2.45, 2.75) is 52.1 Å². The van der Waals surface area contributed by atoms with Crippen molar-refractivity contribution in [1.82, 2.24) is 10.2 Å². The van der Waals surface area contributed by atoms with Gasteiger partial charge in [0.25, 0.3) is 0 Å². The third kappa shape index (κ3) is 5.00. The van der Waals surface area contributed by atoms with Crippen molar-refractivity contribution in [2.24, 2.45) is 5.92 Å². The molecule has 1 fully saturated rings. The zero-order valence-corrected chi connectivity index (χ0v) is 12.4. The topological polar surface area (TPSA) is 28.4 Å². The normalized spacial score (nSPS) is 23.9. The fraction of sp³-hybridized carbons (Fsp3) is 0.750. The molecule has 1 saturated carbocycles. The Labute approximate surface area is 117 Å². The van der Waals surface area contributed by atoms with E-state index in [0.29, 0.717) is 0 Å². The fourth-order valence-electron chi connectivity index (χ4n) is 3.02. The van der Waals surface area contributed by atoms with Gasteiger partial charge in [0.05, 0.1) is 12.8 Å². The van der Waals surface area contributed by atoms with Gasteiger partial charge in [0.2, 0.25) is 0 Å². The highest BCUT2D eigenvalue weighted by molar-refractivity contribution is 4.97. The molecule has 0 aromatic carbocycles. The van der Waals surface area contributed by atoms with E-state index < -0.39 is 0 Å². The largest absolute Gasteiger partial charge is 0.468 e. The maximum atomic E-state index is 5.41. The van der Waals surface area contributed by atoms with Crippen LogP contribution in [0.15, 0.2) is 22.8 Å². The van der Waals surface area contributed by atoms with Crippen LogP contribution in [0.1, 0.15) is 45.3 Å². The molecular formula is C16H28N2O. The molecule has 1 N–H and O–H groups in total. The molecule has 3 heteroatoms. The van der Waals surface area contributed by atoms with E-state index >= 15 is 0 Å². The van der Waals surface area contributed by atoms with Crippen LogP contribution in [0.4, 0.5) is 0 Å². The Morgan fingerprint density at radius 3 is 3.00 bits per heavy atom. The van der Waals surface area contributed by atoms with E-state index in [1.165, 1.54) is 25.7 Å². The molecule has 3 nitrogen and oxygen atoms in total. The molecule has 0 radical (unpaired) electrons. The van der Waals surface area contributed by atoms with Crippen LogP contribution in [0.3, 0.4) is 0 Å². The fourth-order valence-corrected chi connectivity index (χ4v) is 3.02. The average molecular weight is 264 g/mol. The lowest BCUT2D eigenvalue weighted by Crippen LogP contribution is -2.39. The minimum absolute atomic E-state index is 0.742. The van der Waals surface area contributed by atoms with Crippen LogP contribution in [0.5, 0.6) is 0 Å². The first-order chi connectivity index (χ1) is 9.28. The summed E-state index contributed by atoms with van der Waals surface area (Å²) in [5.41, 5.74) is 0. The van der Waals surface area contributed by atoms with E-state index in [1.54, 1.807) is 6.26 Å². The number of likely N-dealkylation sites (N-methyl/N-ethyl adjacent to an activating group) is 1. The number of nitrogens with zero attached hydrogens (tertiary/aromatic N) is 1. The van der Waals surface area contributed by atoms with Gasteiger partial charge in [-0.3, -0.25) is 4.90 Å². The van der Waals surface area contributed by atoms with Crippen molar-refractivity contribution in [3.8, 4) is 0 Å². The van der Waals surface area contributed by atoms with Crippen LogP contribution >= 0.6 is 0 Å². The van der Waals surface area contributed by atoms with Crippen LogP contribution in [-0.2, 0) is 6.54 Å². The van der Waals surface area contributed by atoms with E-state index in [4.69, 9.17) is 4.42 Å². The van der Waals surface area contributed by atoms with Gasteiger partial charge in [-0.15, -0.1) is 0 Å². The molecule has 1 aliphatic carbocycles. The summed E-state index contributed by atoms with van der Waals surface area (Å²) in [5, 5.41) is 3.72. The predicted molar refractivity (Wildman–Crippen MR) is 79.1 cm³/mol. The Hall–Kier alpha value is -0.800. The monoisotopic (exact) mass is 264 g/mol. The Kier molecular flexibility index (Phi) is 5.93. The van der Waals surface area contributed by atoms with Gasteiger partial charge < -0.3 is 9.73 Å². The van der Waals surface area contributed by atoms with Crippen molar-refractivity contribution < 1.29 is 4.42 Å². The molecule has 0 saturated heterocycles. The molecule has 1 aromatic heterocycles. The predicted octanol–water partition coefficient (Wildman–Crippen LogP) is 3.27. The molecule has 0 amide bonds. The van der Waals surface area contributed by atoms with Crippen molar-refractivity contribution in [2.75, 3.05) is 19.6 Å². The lowest BCUT2D eigenvalue weighted by molar-refractivity contribution is 0.239. The van der Waals surface area contributed by atoms with E-state index in [1.807, 2.05) is 6.07 Å². The Morgan fingerprint density at radius 2 is 2.32 bits per heavy atom. The van der Waals surface area contributed by atoms with E-state index in [-0.39, 0.29) is 0 Å². The SMILES string of the molecule is CCN(CCNC1CCCC(C)C1)Cc1ccco1. The molecule has 2 atom stereocenters. The van der Waals surface area contributed by atoms with Crippen molar-refractivity contribution >= 4 is 0 Å². The second-order valence-corrected chi connectivity index (χ2v) is 5.87. The first-order valence-corrected chi connectivity index (χ1v) is 7.76. The van der Waals surface area contributed by atoms with Gasteiger partial charge in [-0.25, -0.2) is 0 Å². The minimum Gasteiger partial charge on any atom is -0.468 e. The van der Waals surface area contributed by atoms with Gasteiger partial charge in [-0.1, -0.05) is 26.7 Å². The maximum Gasteiger partial charge on any atom is 0.117 e. The Balaban J connectivity index is 1.65. The molecule has 0 aliphatic heterocycles. The summed E-state index contributed by atoms with van der Waals surface area (Å²) in [5.74, 6) is 1.96. The number of nitrogens with one attached hydrogen (secondary N) is 1. The molecule has 0 spiro atoms. The zero-order valence-electron chi connectivity index (χ0n) is 12.4. The van der Waals surface area contributed by atoms with Crippen molar-refractivity contribution in [1.29, 1.82) is 0 Å². The average Bonchev–Trinajstić information content (AvgIpc) is 2.90. The summed E-state index contributed by atoms with van der Waals surface area (Å²) in [6.07, 6.45) is 7.27. The van der Waals surface area contributed by atoms with Crippen LogP contribution < -0.4 is 5.32 Å². The molecule has 108 valence electrons. The molecule has 1 aliphatic rings. The van der Waals surface area contributed by atoms with Gasteiger partial charge in [-0.2, -0.15) is 0 Å². The quantitative estimate of drug-likeness (QED) is 0.819. The van der Waals surface area contributed by atoms with E-state index in [2.05, 4.69) is 30.1 Å². The summed E-state index contributed by atoms with van der Waals surface area (Å²) < 4.78 is 5.41. The van der Waals surface area contributed by atoms with Crippen LogP contribution in [0.2, 0.25) is 0 Å². The summed E-state index contributed by atoms with van der Waals surface area (Å²) >= 11 is 0. The maximum absolute atomic E-state index is 5.41. The summed E-state index contributed by atoms with van der Waals surface area (Å²) in [6, 6.07) is 4.76. The van der Waals surface area contributed by atoms with E-state index in [0.717, 1.165) is 43.9 Å².